The molecule has 0 unspecified atom stereocenters. The first-order valence-corrected chi connectivity index (χ1v) is 11.8. The van der Waals surface area contributed by atoms with E-state index in [1.54, 1.807) is 13.8 Å². The van der Waals surface area contributed by atoms with Crippen molar-refractivity contribution in [2.75, 3.05) is 11.9 Å². The number of hydrogen-bond donors (Lipinski definition) is 3. The standard InChI is InChI=1S/C25H27F3N4O3/c1-12(15-4-3-5-16(18(15)26)23(27)28)29-24-20-19(30-13(2)31-24)17-8-11-35-21(17)22(32-20)25(34)9-6-14(33)7-10-25/h3-5,12,14,23,33-34H,6-11H2,1-2H3,(H,29,30,31)/t12-,14-,25-/m1/s1. The first-order valence-electron chi connectivity index (χ1n) is 11.8. The highest BCUT2D eigenvalue weighted by Crippen LogP contribution is 2.45. The van der Waals surface area contributed by atoms with Crippen LogP contribution in [0.3, 0.4) is 0 Å². The van der Waals surface area contributed by atoms with E-state index < -0.39 is 35.6 Å². The van der Waals surface area contributed by atoms with Gasteiger partial charge in [0.15, 0.2) is 5.82 Å². The molecule has 1 aliphatic carbocycles. The van der Waals surface area contributed by atoms with Crippen molar-refractivity contribution < 1.29 is 28.1 Å². The Morgan fingerprint density at radius 2 is 1.83 bits per heavy atom. The Morgan fingerprint density at radius 3 is 2.54 bits per heavy atom. The van der Waals surface area contributed by atoms with Gasteiger partial charge in [-0.2, -0.15) is 0 Å². The normalized spacial score (nSPS) is 22.8. The minimum Gasteiger partial charge on any atom is -0.491 e. The zero-order valence-electron chi connectivity index (χ0n) is 19.5. The molecule has 0 radical (unpaired) electrons. The zero-order valence-corrected chi connectivity index (χ0v) is 19.5. The van der Waals surface area contributed by atoms with Gasteiger partial charge in [-0.3, -0.25) is 0 Å². The molecule has 1 saturated carbocycles. The Hall–Kier alpha value is -2.98. The summed E-state index contributed by atoms with van der Waals surface area (Å²) in [7, 11) is 0. The minimum absolute atomic E-state index is 0.0804. The van der Waals surface area contributed by atoms with Crippen LogP contribution in [0.5, 0.6) is 5.75 Å². The molecule has 2 aliphatic rings. The fraction of sp³-hybridized carbons (Fsp3) is 0.480. The topological polar surface area (TPSA) is 100 Å². The number of pyridine rings is 1. The fourth-order valence-electron chi connectivity index (χ4n) is 5.03. The summed E-state index contributed by atoms with van der Waals surface area (Å²) in [6.45, 7) is 3.81. The van der Waals surface area contributed by atoms with Gasteiger partial charge in [-0.1, -0.05) is 18.2 Å². The molecule has 1 aromatic carbocycles. The van der Waals surface area contributed by atoms with Gasteiger partial charge in [0.1, 0.15) is 39.7 Å². The number of benzene rings is 1. The van der Waals surface area contributed by atoms with Crippen LogP contribution >= 0.6 is 0 Å². The number of alkyl halides is 2. The minimum atomic E-state index is -2.93. The quantitative estimate of drug-likeness (QED) is 0.481. The van der Waals surface area contributed by atoms with Crippen LogP contribution in [0.25, 0.3) is 11.0 Å². The summed E-state index contributed by atoms with van der Waals surface area (Å²) in [5, 5.41) is 24.5. The number of nitrogens with zero attached hydrogens (tertiary/aromatic N) is 3. The van der Waals surface area contributed by atoms with Crippen LogP contribution in [-0.4, -0.2) is 37.9 Å². The van der Waals surface area contributed by atoms with Crippen LogP contribution in [0.15, 0.2) is 18.2 Å². The number of aromatic nitrogens is 3. The molecule has 10 heteroatoms. The maximum Gasteiger partial charge on any atom is 0.266 e. The van der Waals surface area contributed by atoms with Gasteiger partial charge in [-0.25, -0.2) is 28.1 Å². The lowest BCUT2D eigenvalue weighted by molar-refractivity contribution is -0.0404. The molecule has 7 nitrogen and oxygen atoms in total. The highest BCUT2D eigenvalue weighted by atomic mass is 19.3. The van der Waals surface area contributed by atoms with Crippen LogP contribution in [-0.2, 0) is 12.0 Å². The molecule has 0 saturated heterocycles. The lowest BCUT2D eigenvalue weighted by Gasteiger charge is -2.34. The van der Waals surface area contributed by atoms with E-state index in [1.165, 1.54) is 12.1 Å². The second kappa shape index (κ2) is 8.91. The van der Waals surface area contributed by atoms with Crippen molar-refractivity contribution >= 4 is 16.9 Å². The molecule has 186 valence electrons. The first kappa shape index (κ1) is 23.7. The van der Waals surface area contributed by atoms with Gasteiger partial charge in [0.2, 0.25) is 0 Å². The van der Waals surface area contributed by atoms with E-state index in [-0.39, 0.29) is 5.56 Å². The van der Waals surface area contributed by atoms with Gasteiger partial charge >= 0.3 is 0 Å². The zero-order chi connectivity index (χ0) is 24.9. The molecule has 3 aromatic rings. The number of fused-ring (bicyclic) bond motifs is 3. The molecule has 0 amide bonds. The summed E-state index contributed by atoms with van der Waals surface area (Å²) in [5.41, 5.74) is 0.327. The van der Waals surface area contributed by atoms with Gasteiger partial charge in [0, 0.05) is 17.5 Å². The highest BCUT2D eigenvalue weighted by Gasteiger charge is 2.41. The van der Waals surface area contributed by atoms with E-state index >= 15 is 0 Å². The third kappa shape index (κ3) is 4.18. The van der Waals surface area contributed by atoms with Crippen LogP contribution < -0.4 is 10.1 Å². The lowest BCUT2D eigenvalue weighted by atomic mass is 9.80. The van der Waals surface area contributed by atoms with Crippen molar-refractivity contribution in [2.24, 2.45) is 0 Å². The molecular weight excluding hydrogens is 461 g/mol. The molecule has 2 aromatic heterocycles. The summed E-state index contributed by atoms with van der Waals surface area (Å²) in [5.74, 6) is 0.328. The molecule has 0 bridgehead atoms. The first-order chi connectivity index (χ1) is 16.7. The molecule has 3 heterocycles. The van der Waals surface area contributed by atoms with E-state index in [0.29, 0.717) is 72.8 Å². The molecule has 1 atom stereocenters. The van der Waals surface area contributed by atoms with Gasteiger partial charge in [-0.05, 0) is 39.5 Å². The highest BCUT2D eigenvalue weighted by molar-refractivity contribution is 5.90. The van der Waals surface area contributed by atoms with Crippen molar-refractivity contribution in [2.45, 2.75) is 70.1 Å². The maximum atomic E-state index is 14.8. The van der Waals surface area contributed by atoms with Crippen LogP contribution in [0.4, 0.5) is 19.0 Å². The molecular formula is C25H27F3N4O3. The van der Waals surface area contributed by atoms with Gasteiger partial charge < -0.3 is 20.3 Å². The lowest BCUT2D eigenvalue weighted by Crippen LogP contribution is -2.34. The van der Waals surface area contributed by atoms with Crippen LogP contribution in [0.2, 0.25) is 0 Å². The van der Waals surface area contributed by atoms with Crippen molar-refractivity contribution in [1.29, 1.82) is 0 Å². The van der Waals surface area contributed by atoms with E-state index in [2.05, 4.69) is 15.3 Å². The predicted molar refractivity (Wildman–Crippen MR) is 123 cm³/mol. The van der Waals surface area contributed by atoms with E-state index in [1.807, 2.05) is 0 Å². The number of hydrogen-bond acceptors (Lipinski definition) is 7. The summed E-state index contributed by atoms with van der Waals surface area (Å²) >= 11 is 0. The number of aliphatic hydroxyl groups excluding tert-OH is 1. The third-order valence-electron chi connectivity index (χ3n) is 6.93. The largest absolute Gasteiger partial charge is 0.491 e. The van der Waals surface area contributed by atoms with Crippen molar-refractivity contribution in [3.05, 3.63) is 52.2 Å². The smallest absolute Gasteiger partial charge is 0.266 e. The van der Waals surface area contributed by atoms with Crippen LogP contribution in [0.1, 0.15) is 73.3 Å². The molecule has 1 fully saturated rings. The van der Waals surface area contributed by atoms with Crippen LogP contribution in [0, 0.1) is 12.7 Å². The van der Waals surface area contributed by atoms with E-state index in [9.17, 15) is 23.4 Å². The summed E-state index contributed by atoms with van der Waals surface area (Å²) in [4.78, 5) is 13.8. The summed E-state index contributed by atoms with van der Waals surface area (Å²) in [6, 6.07) is 3.22. The Balaban J connectivity index is 1.61. The van der Waals surface area contributed by atoms with E-state index in [4.69, 9.17) is 9.72 Å². The molecule has 1 aliphatic heterocycles. The maximum absolute atomic E-state index is 14.8. The molecule has 3 N–H and O–H groups in total. The van der Waals surface area contributed by atoms with Gasteiger partial charge in [0.25, 0.3) is 6.43 Å². The Bertz CT molecular complexity index is 1280. The molecule has 35 heavy (non-hydrogen) atoms. The monoisotopic (exact) mass is 488 g/mol. The number of halogens is 3. The van der Waals surface area contributed by atoms with Crippen molar-refractivity contribution in [1.82, 2.24) is 15.0 Å². The second-order valence-electron chi connectivity index (χ2n) is 9.36. The number of nitrogens with one attached hydrogen (secondary N) is 1. The average molecular weight is 489 g/mol. The average Bonchev–Trinajstić information content (AvgIpc) is 3.31. The van der Waals surface area contributed by atoms with Crippen molar-refractivity contribution in [3.63, 3.8) is 0 Å². The second-order valence-corrected chi connectivity index (χ2v) is 9.36. The Kier molecular flexibility index (Phi) is 6.04. The molecule has 0 spiro atoms. The number of rotatable bonds is 5. The van der Waals surface area contributed by atoms with Gasteiger partial charge in [-0.15, -0.1) is 0 Å². The third-order valence-corrected chi connectivity index (χ3v) is 6.93. The Labute approximate surface area is 200 Å². The Morgan fingerprint density at radius 1 is 1.11 bits per heavy atom. The number of ether oxygens (including phenoxy) is 1. The predicted octanol–water partition coefficient (Wildman–Crippen LogP) is 4.64. The van der Waals surface area contributed by atoms with Crippen molar-refractivity contribution in [3.8, 4) is 5.75 Å². The SMILES string of the molecule is Cc1nc(N[C@H](C)c2cccc(C(F)F)c2F)c2nc([C@]3(O)CC[C@H](O)CC3)c3c(c2n1)CCO3. The molecule has 5 rings (SSSR count). The van der Waals surface area contributed by atoms with E-state index in [0.717, 1.165) is 11.6 Å². The number of anilines is 1. The number of aliphatic hydroxyl groups is 2. The van der Waals surface area contributed by atoms with Gasteiger partial charge in [0.05, 0.1) is 24.3 Å². The summed E-state index contributed by atoms with van der Waals surface area (Å²) in [6.07, 6.45) is -1.26. The summed E-state index contributed by atoms with van der Waals surface area (Å²) < 4.78 is 47.1. The fourth-order valence-corrected chi connectivity index (χ4v) is 5.03. The number of aryl methyl sites for hydroxylation is 1.